The van der Waals surface area contributed by atoms with E-state index in [9.17, 15) is 13.2 Å². The second kappa shape index (κ2) is 12.2. The zero-order valence-corrected chi connectivity index (χ0v) is 22.1. The van der Waals surface area contributed by atoms with E-state index in [0.717, 1.165) is 21.0 Å². The molecule has 0 atom stereocenters. The maximum atomic E-state index is 13.5. The van der Waals surface area contributed by atoms with E-state index < -0.39 is 22.5 Å². The van der Waals surface area contributed by atoms with Crippen LogP contribution < -0.4 is 14.5 Å². The quantitative estimate of drug-likeness (QED) is 0.226. The molecule has 0 fully saturated rings. The van der Waals surface area contributed by atoms with Crippen molar-refractivity contribution < 1.29 is 17.9 Å². The fourth-order valence-corrected chi connectivity index (χ4v) is 5.08. The monoisotopic (exact) mass is 527 g/mol. The minimum absolute atomic E-state index is 0.101. The van der Waals surface area contributed by atoms with Crippen LogP contribution in [0.2, 0.25) is 0 Å². The third kappa shape index (κ3) is 6.86. The molecule has 0 spiro atoms. The van der Waals surface area contributed by atoms with Crippen LogP contribution in [0.5, 0.6) is 5.75 Å². The summed E-state index contributed by atoms with van der Waals surface area (Å²) in [6.45, 7) is 3.74. The van der Waals surface area contributed by atoms with Crippen LogP contribution in [-0.2, 0) is 21.4 Å². The van der Waals surface area contributed by atoms with Crippen molar-refractivity contribution in [2.75, 3.05) is 10.8 Å². The highest BCUT2D eigenvalue weighted by Gasteiger charge is 2.27. The molecule has 0 aliphatic heterocycles. The zero-order chi connectivity index (χ0) is 27.0. The van der Waals surface area contributed by atoms with Crippen LogP contribution >= 0.6 is 0 Å². The van der Waals surface area contributed by atoms with E-state index in [1.807, 2.05) is 68.4 Å². The third-order valence-corrected chi connectivity index (χ3v) is 7.56. The topological polar surface area (TPSA) is 88.1 Å². The van der Waals surface area contributed by atoms with Gasteiger partial charge in [-0.2, -0.15) is 5.10 Å². The standard InChI is InChI=1S/C30H29N3O4S/c1-23-12-16-27(17-13-23)33(38(35,36)28-18-14-24(2)15-19-28)21-30(34)32-31-20-26-10-6-7-11-29(26)37-22-25-8-4-3-5-9-25/h3-20H,21-22H2,1-2H3,(H,32,34)/b31-20-. The molecule has 0 aromatic heterocycles. The number of aryl methyl sites for hydroxylation is 2. The molecule has 0 saturated heterocycles. The highest BCUT2D eigenvalue weighted by Crippen LogP contribution is 2.24. The van der Waals surface area contributed by atoms with Crippen molar-refractivity contribution in [2.24, 2.45) is 5.10 Å². The molecular formula is C30H29N3O4S. The summed E-state index contributed by atoms with van der Waals surface area (Å²) in [6.07, 6.45) is 1.48. The van der Waals surface area contributed by atoms with Crippen molar-refractivity contribution in [3.8, 4) is 5.75 Å². The number of carbonyl (C=O) groups excluding carboxylic acids is 1. The molecule has 7 nitrogen and oxygen atoms in total. The van der Waals surface area contributed by atoms with Crippen molar-refractivity contribution in [3.63, 3.8) is 0 Å². The minimum Gasteiger partial charge on any atom is -0.488 e. The van der Waals surface area contributed by atoms with Gasteiger partial charge in [-0.1, -0.05) is 77.9 Å². The van der Waals surface area contributed by atoms with Crippen molar-refractivity contribution >= 4 is 27.8 Å². The summed E-state index contributed by atoms with van der Waals surface area (Å²) in [6, 6.07) is 30.6. The Kier molecular flexibility index (Phi) is 8.55. The van der Waals surface area contributed by atoms with Crippen LogP contribution in [0.1, 0.15) is 22.3 Å². The predicted octanol–water partition coefficient (Wildman–Crippen LogP) is 5.23. The molecule has 0 radical (unpaired) electrons. The molecule has 4 rings (SSSR count). The van der Waals surface area contributed by atoms with Crippen LogP contribution in [0.4, 0.5) is 5.69 Å². The van der Waals surface area contributed by atoms with Gasteiger partial charge in [0.15, 0.2) is 0 Å². The number of benzene rings is 4. The Balaban J connectivity index is 1.48. The number of anilines is 1. The first-order valence-electron chi connectivity index (χ1n) is 12.1. The smallest absolute Gasteiger partial charge is 0.264 e. The molecular weight excluding hydrogens is 498 g/mol. The van der Waals surface area contributed by atoms with Gasteiger partial charge in [0.2, 0.25) is 0 Å². The lowest BCUT2D eigenvalue weighted by atomic mass is 10.2. The minimum atomic E-state index is -4.00. The lowest BCUT2D eigenvalue weighted by molar-refractivity contribution is -0.119. The first kappa shape index (κ1) is 26.6. The maximum absolute atomic E-state index is 13.5. The van der Waals surface area contributed by atoms with Gasteiger partial charge < -0.3 is 4.74 Å². The number of rotatable bonds is 10. The van der Waals surface area contributed by atoms with Crippen LogP contribution in [0.25, 0.3) is 0 Å². The van der Waals surface area contributed by atoms with Gasteiger partial charge in [0.25, 0.3) is 15.9 Å². The molecule has 8 heteroatoms. The number of nitrogens with one attached hydrogen (secondary N) is 1. The van der Waals surface area contributed by atoms with Crippen LogP contribution in [0.15, 0.2) is 113 Å². The summed E-state index contributed by atoms with van der Waals surface area (Å²) in [7, 11) is -4.00. The molecule has 1 amide bonds. The van der Waals surface area contributed by atoms with Gasteiger partial charge in [-0.15, -0.1) is 0 Å². The summed E-state index contributed by atoms with van der Waals surface area (Å²) in [4.78, 5) is 13.0. The Bertz CT molecular complexity index is 1500. The molecule has 38 heavy (non-hydrogen) atoms. The number of ether oxygens (including phenoxy) is 1. The Morgan fingerprint density at radius 2 is 1.45 bits per heavy atom. The summed E-state index contributed by atoms with van der Waals surface area (Å²) >= 11 is 0. The summed E-state index contributed by atoms with van der Waals surface area (Å²) in [5.41, 5.74) is 6.44. The molecule has 194 valence electrons. The molecule has 0 bridgehead atoms. The van der Waals surface area contributed by atoms with Crippen LogP contribution in [0.3, 0.4) is 0 Å². The van der Waals surface area contributed by atoms with Crippen LogP contribution in [-0.4, -0.2) is 27.1 Å². The number of nitrogens with zero attached hydrogens (tertiary/aromatic N) is 2. The lowest BCUT2D eigenvalue weighted by Gasteiger charge is -2.24. The average Bonchev–Trinajstić information content (AvgIpc) is 2.92. The maximum Gasteiger partial charge on any atom is 0.264 e. The predicted molar refractivity (Wildman–Crippen MR) is 150 cm³/mol. The Morgan fingerprint density at radius 3 is 2.13 bits per heavy atom. The first-order chi connectivity index (χ1) is 18.3. The van der Waals surface area contributed by atoms with E-state index in [0.29, 0.717) is 23.6 Å². The Labute approximate surface area is 223 Å². The molecule has 0 aliphatic rings. The fourth-order valence-electron chi connectivity index (χ4n) is 3.66. The first-order valence-corrected chi connectivity index (χ1v) is 13.5. The number of hydrazone groups is 1. The number of sulfonamides is 1. The molecule has 4 aromatic rings. The normalized spacial score (nSPS) is 11.3. The molecule has 4 aromatic carbocycles. The average molecular weight is 528 g/mol. The number of carbonyl (C=O) groups is 1. The molecule has 0 unspecified atom stereocenters. The van der Waals surface area contributed by atoms with E-state index in [2.05, 4.69) is 10.5 Å². The largest absolute Gasteiger partial charge is 0.488 e. The van der Waals surface area contributed by atoms with E-state index in [1.165, 1.54) is 18.3 Å². The van der Waals surface area contributed by atoms with E-state index in [4.69, 9.17) is 4.74 Å². The van der Waals surface area contributed by atoms with Crippen molar-refractivity contribution in [1.82, 2.24) is 5.43 Å². The van der Waals surface area contributed by atoms with Gasteiger partial charge in [-0.3, -0.25) is 9.10 Å². The van der Waals surface area contributed by atoms with Gasteiger partial charge in [0.1, 0.15) is 18.9 Å². The van der Waals surface area contributed by atoms with E-state index >= 15 is 0 Å². The highest BCUT2D eigenvalue weighted by atomic mass is 32.2. The fraction of sp³-hybridized carbons (Fsp3) is 0.133. The lowest BCUT2D eigenvalue weighted by Crippen LogP contribution is -2.39. The number of hydrogen-bond donors (Lipinski definition) is 1. The van der Waals surface area contributed by atoms with Crippen LogP contribution in [0, 0.1) is 13.8 Å². The van der Waals surface area contributed by atoms with Crippen molar-refractivity contribution in [3.05, 3.63) is 125 Å². The van der Waals surface area contributed by atoms with Crippen molar-refractivity contribution in [1.29, 1.82) is 0 Å². The molecule has 0 heterocycles. The van der Waals surface area contributed by atoms with Gasteiger partial charge >= 0.3 is 0 Å². The van der Waals surface area contributed by atoms with E-state index in [-0.39, 0.29) is 4.90 Å². The molecule has 0 aliphatic carbocycles. The Morgan fingerprint density at radius 1 is 0.842 bits per heavy atom. The second-order valence-corrected chi connectivity index (χ2v) is 10.6. The van der Waals surface area contributed by atoms with Gasteiger partial charge in [-0.05, 0) is 55.8 Å². The Hall–Kier alpha value is -4.43. The number of amides is 1. The summed E-state index contributed by atoms with van der Waals surface area (Å²) < 4.78 is 34.0. The summed E-state index contributed by atoms with van der Waals surface area (Å²) in [5.74, 6) is 0.0257. The number of hydrogen-bond acceptors (Lipinski definition) is 5. The van der Waals surface area contributed by atoms with Gasteiger partial charge in [0.05, 0.1) is 16.8 Å². The van der Waals surface area contributed by atoms with Crippen molar-refractivity contribution in [2.45, 2.75) is 25.3 Å². The van der Waals surface area contributed by atoms with Gasteiger partial charge in [0, 0.05) is 5.56 Å². The van der Waals surface area contributed by atoms with E-state index in [1.54, 1.807) is 36.4 Å². The number of para-hydroxylation sites is 1. The third-order valence-electron chi connectivity index (χ3n) is 5.77. The zero-order valence-electron chi connectivity index (χ0n) is 21.2. The molecule has 0 saturated carbocycles. The molecule has 1 N–H and O–H groups in total. The SMILES string of the molecule is Cc1ccc(N(CC(=O)N/N=C\c2ccccc2OCc2ccccc2)S(=O)(=O)c2ccc(C)cc2)cc1. The summed E-state index contributed by atoms with van der Waals surface area (Å²) in [5, 5.41) is 4.06. The van der Waals surface area contributed by atoms with Gasteiger partial charge in [-0.25, -0.2) is 13.8 Å². The highest BCUT2D eigenvalue weighted by molar-refractivity contribution is 7.92. The second-order valence-electron chi connectivity index (χ2n) is 8.77.